The smallest absolute Gasteiger partial charge is 0.340 e. The van der Waals surface area contributed by atoms with Gasteiger partial charge < -0.3 is 10.1 Å². The largest absolute Gasteiger partial charge is 0.452 e. The van der Waals surface area contributed by atoms with Gasteiger partial charge >= 0.3 is 5.97 Å². The zero-order chi connectivity index (χ0) is 24.0. The van der Waals surface area contributed by atoms with E-state index < -0.39 is 34.3 Å². The maximum Gasteiger partial charge on any atom is 0.340 e. The number of aryl methyl sites for hydroxylation is 1. The van der Waals surface area contributed by atoms with Crippen LogP contribution in [0.15, 0.2) is 77.7 Å². The van der Waals surface area contributed by atoms with Crippen molar-refractivity contribution in [3.05, 3.63) is 95.3 Å². The first kappa shape index (κ1) is 23.9. The first-order valence-corrected chi connectivity index (χ1v) is 11.5. The van der Waals surface area contributed by atoms with E-state index in [9.17, 15) is 22.4 Å². The van der Waals surface area contributed by atoms with Crippen LogP contribution in [0.1, 0.15) is 34.5 Å². The summed E-state index contributed by atoms with van der Waals surface area (Å²) >= 11 is 0. The summed E-state index contributed by atoms with van der Waals surface area (Å²) in [5.41, 5.74) is 1.87. The van der Waals surface area contributed by atoms with Crippen molar-refractivity contribution in [2.45, 2.75) is 24.8 Å². The van der Waals surface area contributed by atoms with Gasteiger partial charge in [-0.05, 0) is 61.4 Å². The fourth-order valence-electron chi connectivity index (χ4n) is 3.21. The highest BCUT2D eigenvalue weighted by atomic mass is 32.2. The molecule has 9 heteroatoms. The summed E-state index contributed by atoms with van der Waals surface area (Å²) in [5, 5.41) is 2.76. The summed E-state index contributed by atoms with van der Waals surface area (Å²) in [4.78, 5) is 24.7. The molecule has 0 fully saturated rings. The molecule has 1 atom stereocenters. The van der Waals surface area contributed by atoms with E-state index in [1.807, 2.05) is 38.1 Å². The Bertz CT molecular complexity index is 1260. The van der Waals surface area contributed by atoms with Crippen molar-refractivity contribution in [3.63, 3.8) is 0 Å². The number of hydrogen-bond donors (Lipinski definition) is 2. The van der Waals surface area contributed by atoms with E-state index in [1.165, 1.54) is 24.3 Å². The summed E-state index contributed by atoms with van der Waals surface area (Å²) < 4.78 is 45.7. The Morgan fingerprint density at radius 2 is 1.61 bits per heavy atom. The molecule has 33 heavy (non-hydrogen) atoms. The minimum Gasteiger partial charge on any atom is -0.452 e. The minimum absolute atomic E-state index is 0.0273. The maximum atomic E-state index is 13.1. The SMILES string of the molecule is Cc1ccccc1C(C)NC(=O)COC(=O)c1ccccc1NS(=O)(=O)c1ccc(F)cc1. The van der Waals surface area contributed by atoms with Crippen molar-refractivity contribution in [3.8, 4) is 0 Å². The van der Waals surface area contributed by atoms with E-state index in [4.69, 9.17) is 4.74 Å². The topological polar surface area (TPSA) is 102 Å². The van der Waals surface area contributed by atoms with Crippen LogP contribution in [-0.4, -0.2) is 26.9 Å². The second-order valence-electron chi connectivity index (χ2n) is 7.33. The zero-order valence-corrected chi connectivity index (χ0v) is 18.9. The van der Waals surface area contributed by atoms with Crippen LogP contribution in [0.4, 0.5) is 10.1 Å². The van der Waals surface area contributed by atoms with E-state index >= 15 is 0 Å². The molecule has 0 radical (unpaired) electrons. The molecule has 0 aliphatic heterocycles. The molecule has 0 heterocycles. The zero-order valence-electron chi connectivity index (χ0n) is 18.0. The van der Waals surface area contributed by atoms with Crippen molar-refractivity contribution >= 4 is 27.6 Å². The molecule has 0 spiro atoms. The Hall–Kier alpha value is -3.72. The monoisotopic (exact) mass is 470 g/mol. The number of sulfonamides is 1. The van der Waals surface area contributed by atoms with Gasteiger partial charge in [0.1, 0.15) is 5.82 Å². The Morgan fingerprint density at radius 1 is 0.970 bits per heavy atom. The number of carbonyl (C=O) groups is 2. The second-order valence-corrected chi connectivity index (χ2v) is 9.01. The van der Waals surface area contributed by atoms with Gasteiger partial charge in [0, 0.05) is 0 Å². The molecular formula is C24H23FN2O5S. The molecule has 3 rings (SSSR count). The summed E-state index contributed by atoms with van der Waals surface area (Å²) in [6.45, 7) is 3.22. The molecule has 0 aliphatic carbocycles. The minimum atomic E-state index is -4.07. The molecule has 172 valence electrons. The summed E-state index contributed by atoms with van der Waals surface area (Å²) in [7, 11) is -4.07. The average Bonchev–Trinajstić information content (AvgIpc) is 2.78. The molecule has 3 aromatic rings. The number of nitrogens with one attached hydrogen (secondary N) is 2. The molecule has 3 aromatic carbocycles. The second kappa shape index (κ2) is 10.3. The third kappa shape index (κ3) is 6.17. The lowest BCUT2D eigenvalue weighted by atomic mass is 10.0. The number of benzene rings is 3. The van der Waals surface area contributed by atoms with Crippen LogP contribution in [-0.2, 0) is 19.6 Å². The van der Waals surface area contributed by atoms with Gasteiger partial charge in [-0.1, -0.05) is 36.4 Å². The number of ether oxygens (including phenoxy) is 1. The number of carbonyl (C=O) groups excluding carboxylic acids is 2. The quantitative estimate of drug-likeness (QED) is 0.485. The summed E-state index contributed by atoms with van der Waals surface area (Å²) in [6.07, 6.45) is 0. The van der Waals surface area contributed by atoms with Crippen molar-refractivity contribution in [1.29, 1.82) is 0 Å². The van der Waals surface area contributed by atoms with Gasteiger partial charge in [-0.15, -0.1) is 0 Å². The first-order chi connectivity index (χ1) is 15.7. The molecule has 1 amide bonds. The first-order valence-electron chi connectivity index (χ1n) is 10.1. The Balaban J connectivity index is 1.65. The highest BCUT2D eigenvalue weighted by Gasteiger charge is 2.20. The van der Waals surface area contributed by atoms with E-state index in [1.54, 1.807) is 0 Å². The van der Waals surface area contributed by atoms with Gasteiger partial charge in [-0.25, -0.2) is 17.6 Å². The Kier molecular flexibility index (Phi) is 7.44. The lowest BCUT2D eigenvalue weighted by molar-refractivity contribution is -0.124. The van der Waals surface area contributed by atoms with Crippen LogP contribution < -0.4 is 10.0 Å². The fraction of sp³-hybridized carbons (Fsp3) is 0.167. The van der Waals surface area contributed by atoms with Gasteiger partial charge in [-0.3, -0.25) is 9.52 Å². The molecule has 0 saturated carbocycles. The number of para-hydroxylation sites is 1. The lowest BCUT2D eigenvalue weighted by Crippen LogP contribution is -2.31. The van der Waals surface area contributed by atoms with E-state index in [0.717, 1.165) is 35.4 Å². The molecule has 0 aromatic heterocycles. The van der Waals surface area contributed by atoms with Gasteiger partial charge in [-0.2, -0.15) is 0 Å². The average molecular weight is 471 g/mol. The Labute approximate surface area is 191 Å². The van der Waals surface area contributed by atoms with Crippen LogP contribution in [0.3, 0.4) is 0 Å². The molecule has 1 unspecified atom stereocenters. The molecular weight excluding hydrogens is 447 g/mol. The highest BCUT2D eigenvalue weighted by molar-refractivity contribution is 7.92. The molecule has 2 N–H and O–H groups in total. The molecule has 0 bridgehead atoms. The van der Waals surface area contributed by atoms with Crippen LogP contribution in [0, 0.1) is 12.7 Å². The molecule has 0 saturated heterocycles. The predicted molar refractivity (Wildman–Crippen MR) is 122 cm³/mol. The number of hydrogen-bond acceptors (Lipinski definition) is 5. The molecule has 0 aliphatic rings. The third-order valence-electron chi connectivity index (χ3n) is 4.88. The number of amides is 1. The van der Waals surface area contributed by atoms with Gasteiger partial charge in [0.05, 0.1) is 22.2 Å². The summed E-state index contributed by atoms with van der Waals surface area (Å²) in [6, 6.07) is 17.4. The number of halogens is 1. The van der Waals surface area contributed by atoms with Crippen molar-refractivity contribution in [1.82, 2.24) is 5.32 Å². The van der Waals surface area contributed by atoms with E-state index in [2.05, 4.69) is 10.0 Å². The third-order valence-corrected chi connectivity index (χ3v) is 6.26. The van der Waals surface area contributed by atoms with Crippen LogP contribution in [0.2, 0.25) is 0 Å². The fourth-order valence-corrected chi connectivity index (χ4v) is 4.29. The number of rotatable bonds is 8. The van der Waals surface area contributed by atoms with Crippen molar-refractivity contribution in [2.24, 2.45) is 0 Å². The van der Waals surface area contributed by atoms with E-state index in [0.29, 0.717) is 0 Å². The predicted octanol–water partition coefficient (Wildman–Crippen LogP) is 3.97. The standard InChI is InChI=1S/C24H23FN2O5S/c1-16-7-3-4-8-20(16)17(2)26-23(28)15-32-24(29)21-9-5-6-10-22(21)27-33(30,31)19-13-11-18(25)12-14-19/h3-14,17,27H,15H2,1-2H3,(H,26,28). The van der Waals surface area contributed by atoms with Gasteiger partial charge in [0.25, 0.3) is 15.9 Å². The normalized spacial score (nSPS) is 12.0. The van der Waals surface area contributed by atoms with Gasteiger partial charge in [0.2, 0.25) is 0 Å². The van der Waals surface area contributed by atoms with Crippen LogP contribution in [0.25, 0.3) is 0 Å². The lowest BCUT2D eigenvalue weighted by Gasteiger charge is -2.17. The van der Waals surface area contributed by atoms with Crippen LogP contribution in [0.5, 0.6) is 0 Å². The highest BCUT2D eigenvalue weighted by Crippen LogP contribution is 2.21. The maximum absolute atomic E-state index is 13.1. The Morgan fingerprint density at radius 3 is 2.30 bits per heavy atom. The van der Waals surface area contributed by atoms with E-state index in [-0.39, 0.29) is 22.2 Å². The van der Waals surface area contributed by atoms with Crippen LogP contribution >= 0.6 is 0 Å². The number of anilines is 1. The number of esters is 1. The molecule has 7 nitrogen and oxygen atoms in total. The van der Waals surface area contributed by atoms with Crippen molar-refractivity contribution < 1.29 is 27.1 Å². The van der Waals surface area contributed by atoms with Gasteiger partial charge in [0.15, 0.2) is 6.61 Å². The summed E-state index contributed by atoms with van der Waals surface area (Å²) in [5.74, 6) is -1.94. The van der Waals surface area contributed by atoms with Crippen molar-refractivity contribution in [2.75, 3.05) is 11.3 Å².